The van der Waals surface area contributed by atoms with Gasteiger partial charge in [-0.05, 0) is 28.4 Å². The molecular weight excluding hydrogens is 246 g/mol. The van der Waals surface area contributed by atoms with E-state index in [1.807, 2.05) is 25.1 Å². The van der Waals surface area contributed by atoms with E-state index in [0.29, 0.717) is 0 Å². The zero-order valence-electron chi connectivity index (χ0n) is 7.12. The Morgan fingerprint density at radius 1 is 1.23 bits per heavy atom. The number of hydrogen-bond donors (Lipinski definition) is 0. The number of aromatic nitrogens is 1. The molecule has 0 bridgehead atoms. The van der Waals surface area contributed by atoms with Gasteiger partial charge in [-0.2, -0.15) is 0 Å². The first kappa shape index (κ1) is 8.91. The molecule has 0 saturated carbocycles. The summed E-state index contributed by atoms with van der Waals surface area (Å²) in [6.07, 6.45) is 0. The molecule has 0 saturated heterocycles. The highest BCUT2D eigenvalue weighted by Crippen LogP contribution is 2.33. The first-order chi connectivity index (χ1) is 6.27. The number of halogens is 1. The largest absolute Gasteiger partial charge is 0.234 e. The number of thiazole rings is 1. The van der Waals surface area contributed by atoms with E-state index < -0.39 is 0 Å². The summed E-state index contributed by atoms with van der Waals surface area (Å²) < 4.78 is 0.946. The van der Waals surface area contributed by atoms with E-state index in [1.54, 1.807) is 11.3 Å². The predicted molar refractivity (Wildman–Crippen MR) is 60.0 cm³/mol. The Hall–Kier alpha value is -0.670. The van der Waals surface area contributed by atoms with Crippen molar-refractivity contribution >= 4 is 27.3 Å². The van der Waals surface area contributed by atoms with Crippen LogP contribution in [0.5, 0.6) is 0 Å². The molecule has 0 aliphatic carbocycles. The summed E-state index contributed by atoms with van der Waals surface area (Å²) in [6.45, 7) is 2.02. The zero-order chi connectivity index (χ0) is 9.26. The van der Waals surface area contributed by atoms with Gasteiger partial charge in [0.2, 0.25) is 0 Å². The van der Waals surface area contributed by atoms with Crippen LogP contribution in [0.3, 0.4) is 0 Å². The average molecular weight is 254 g/mol. The first-order valence-corrected chi connectivity index (χ1v) is 5.56. The predicted octanol–water partition coefficient (Wildman–Crippen LogP) is 3.88. The second-order valence-corrected chi connectivity index (χ2v) is 4.67. The fourth-order valence-corrected chi connectivity index (χ4v) is 2.84. The Morgan fingerprint density at radius 2 is 1.92 bits per heavy atom. The van der Waals surface area contributed by atoms with E-state index >= 15 is 0 Å². The van der Waals surface area contributed by atoms with Gasteiger partial charge in [0.05, 0.1) is 9.88 Å². The van der Waals surface area contributed by atoms with E-state index in [9.17, 15) is 0 Å². The van der Waals surface area contributed by atoms with Crippen LogP contribution in [-0.4, -0.2) is 4.98 Å². The second kappa shape index (κ2) is 3.60. The van der Waals surface area contributed by atoms with Gasteiger partial charge >= 0.3 is 0 Å². The van der Waals surface area contributed by atoms with Crippen molar-refractivity contribution in [2.75, 3.05) is 0 Å². The fraction of sp³-hybridized carbons (Fsp3) is 0.100. The Morgan fingerprint density at radius 3 is 2.46 bits per heavy atom. The minimum atomic E-state index is 0.946. The molecule has 1 nitrogen and oxygen atoms in total. The van der Waals surface area contributed by atoms with Crippen LogP contribution in [-0.2, 0) is 0 Å². The summed E-state index contributed by atoms with van der Waals surface area (Å²) >= 11 is 5.16. The van der Waals surface area contributed by atoms with E-state index in [-0.39, 0.29) is 0 Å². The molecule has 0 aliphatic heterocycles. The van der Waals surface area contributed by atoms with Crippen LogP contribution in [0.4, 0.5) is 0 Å². The van der Waals surface area contributed by atoms with Crippen molar-refractivity contribution < 1.29 is 0 Å². The van der Waals surface area contributed by atoms with Gasteiger partial charge in [0.25, 0.3) is 0 Å². The van der Waals surface area contributed by atoms with Crippen LogP contribution in [0, 0.1) is 6.92 Å². The molecule has 0 radical (unpaired) electrons. The van der Waals surface area contributed by atoms with Gasteiger partial charge in [0.1, 0.15) is 4.60 Å². The maximum absolute atomic E-state index is 4.32. The van der Waals surface area contributed by atoms with Gasteiger partial charge in [0, 0.05) is 0 Å². The SMILES string of the molecule is Cc1nc(Br)c(-c2ccccc2)s1. The van der Waals surface area contributed by atoms with Crippen molar-refractivity contribution in [3.63, 3.8) is 0 Å². The van der Waals surface area contributed by atoms with Crippen molar-refractivity contribution in [1.29, 1.82) is 0 Å². The molecular formula is C10H8BrNS. The highest BCUT2D eigenvalue weighted by molar-refractivity contribution is 9.10. The van der Waals surface area contributed by atoms with Gasteiger partial charge in [-0.1, -0.05) is 30.3 Å². The topological polar surface area (TPSA) is 12.9 Å². The molecule has 0 atom stereocenters. The Balaban J connectivity index is 2.53. The standard InChI is InChI=1S/C10H8BrNS/c1-7-12-10(11)9(13-7)8-5-3-2-4-6-8/h2-6H,1H3. The maximum Gasteiger partial charge on any atom is 0.125 e. The van der Waals surface area contributed by atoms with Crippen LogP contribution in [0.15, 0.2) is 34.9 Å². The molecule has 2 aromatic rings. The van der Waals surface area contributed by atoms with Gasteiger partial charge in [-0.3, -0.25) is 0 Å². The normalized spacial score (nSPS) is 10.3. The molecule has 0 amide bonds. The van der Waals surface area contributed by atoms with Crippen molar-refractivity contribution in [1.82, 2.24) is 4.98 Å². The third kappa shape index (κ3) is 1.81. The molecule has 66 valence electrons. The van der Waals surface area contributed by atoms with Gasteiger partial charge in [-0.25, -0.2) is 4.98 Å². The van der Waals surface area contributed by atoms with Crippen molar-refractivity contribution in [3.05, 3.63) is 39.9 Å². The monoisotopic (exact) mass is 253 g/mol. The van der Waals surface area contributed by atoms with E-state index in [4.69, 9.17) is 0 Å². The van der Waals surface area contributed by atoms with Gasteiger partial charge < -0.3 is 0 Å². The minimum Gasteiger partial charge on any atom is -0.234 e. The molecule has 2 rings (SSSR count). The summed E-state index contributed by atoms with van der Waals surface area (Å²) in [5.41, 5.74) is 1.22. The average Bonchev–Trinajstić information content (AvgIpc) is 2.47. The smallest absolute Gasteiger partial charge is 0.125 e. The summed E-state index contributed by atoms with van der Waals surface area (Å²) in [6, 6.07) is 10.3. The third-order valence-electron chi connectivity index (χ3n) is 1.73. The summed E-state index contributed by atoms with van der Waals surface area (Å²) in [5, 5.41) is 1.09. The number of benzene rings is 1. The van der Waals surface area contributed by atoms with Crippen LogP contribution in [0.25, 0.3) is 10.4 Å². The lowest BCUT2D eigenvalue weighted by atomic mass is 10.2. The van der Waals surface area contributed by atoms with E-state index in [2.05, 4.69) is 33.0 Å². The minimum absolute atomic E-state index is 0.946. The number of nitrogens with zero attached hydrogens (tertiary/aromatic N) is 1. The molecule has 0 aliphatic rings. The molecule has 1 heterocycles. The number of rotatable bonds is 1. The molecule has 0 fully saturated rings. The third-order valence-corrected chi connectivity index (χ3v) is 3.58. The van der Waals surface area contributed by atoms with Crippen molar-refractivity contribution in [2.24, 2.45) is 0 Å². The quantitative estimate of drug-likeness (QED) is 0.752. The second-order valence-electron chi connectivity index (χ2n) is 2.72. The summed E-state index contributed by atoms with van der Waals surface area (Å²) in [7, 11) is 0. The number of hydrogen-bond acceptors (Lipinski definition) is 2. The first-order valence-electron chi connectivity index (χ1n) is 3.96. The molecule has 0 N–H and O–H groups in total. The van der Waals surface area contributed by atoms with Crippen LogP contribution in [0.1, 0.15) is 5.01 Å². The Bertz CT molecular complexity index is 408. The fourth-order valence-electron chi connectivity index (χ4n) is 1.17. The van der Waals surface area contributed by atoms with Gasteiger partial charge in [-0.15, -0.1) is 11.3 Å². The molecule has 1 aromatic carbocycles. The lowest BCUT2D eigenvalue weighted by Gasteiger charge is -1.95. The number of aryl methyl sites for hydroxylation is 1. The maximum atomic E-state index is 4.32. The molecule has 1 aromatic heterocycles. The van der Waals surface area contributed by atoms with E-state index in [1.165, 1.54) is 10.4 Å². The van der Waals surface area contributed by atoms with Crippen LogP contribution < -0.4 is 0 Å². The summed E-state index contributed by atoms with van der Waals surface area (Å²) in [4.78, 5) is 5.53. The van der Waals surface area contributed by atoms with Gasteiger partial charge in [0.15, 0.2) is 0 Å². The molecule has 0 spiro atoms. The van der Waals surface area contributed by atoms with Crippen LogP contribution >= 0.6 is 27.3 Å². The highest BCUT2D eigenvalue weighted by atomic mass is 79.9. The molecule has 3 heteroatoms. The summed E-state index contributed by atoms with van der Waals surface area (Å²) in [5.74, 6) is 0. The van der Waals surface area contributed by atoms with E-state index in [0.717, 1.165) is 9.61 Å². The lowest BCUT2D eigenvalue weighted by Crippen LogP contribution is -1.71. The van der Waals surface area contributed by atoms with Crippen LogP contribution in [0.2, 0.25) is 0 Å². The van der Waals surface area contributed by atoms with Crippen molar-refractivity contribution in [3.8, 4) is 10.4 Å². The Labute approximate surface area is 89.6 Å². The lowest BCUT2D eigenvalue weighted by molar-refractivity contribution is 1.26. The molecule has 0 unspecified atom stereocenters. The zero-order valence-corrected chi connectivity index (χ0v) is 9.52. The highest BCUT2D eigenvalue weighted by Gasteiger charge is 2.07. The van der Waals surface area contributed by atoms with Crippen molar-refractivity contribution in [2.45, 2.75) is 6.92 Å². The Kier molecular flexibility index (Phi) is 2.47. The molecule has 13 heavy (non-hydrogen) atoms.